The molecule has 0 aliphatic rings. The number of methoxy groups -OCH3 is 3. The number of nitrogens with zero attached hydrogens (tertiary/aromatic N) is 4. The number of sulfonamides is 2. The summed E-state index contributed by atoms with van der Waals surface area (Å²) in [5.41, 5.74) is -0.270. The number of hydrazone groups is 1. The van der Waals surface area contributed by atoms with E-state index >= 15 is 0 Å². The van der Waals surface area contributed by atoms with E-state index in [-0.39, 0.29) is 32.9 Å². The maximum Gasteiger partial charge on any atom is 0.339 e. The van der Waals surface area contributed by atoms with E-state index in [1.54, 1.807) is 6.07 Å². The molecule has 3 N–H and O–H groups in total. The summed E-state index contributed by atoms with van der Waals surface area (Å²) in [5, 5.41) is 6.12. The largest absolute Gasteiger partial charge is 0.467 e. The molecule has 0 spiro atoms. The Morgan fingerprint density at radius 1 is 0.842 bits per heavy atom. The molecule has 2 aromatic carbocycles. The Morgan fingerprint density at radius 3 is 2.00 bits per heavy atom. The van der Waals surface area contributed by atoms with Gasteiger partial charge in [0.15, 0.2) is 0 Å². The molecule has 38 heavy (non-hydrogen) atoms. The van der Waals surface area contributed by atoms with Crippen LogP contribution < -0.4 is 24.3 Å². The molecule has 15 nitrogen and oxygen atoms in total. The molecule has 3 rings (SSSR count). The maximum atomic E-state index is 13.1. The molecule has 3 aromatic rings. The van der Waals surface area contributed by atoms with Gasteiger partial charge in [-0.3, -0.25) is 5.32 Å². The van der Waals surface area contributed by atoms with Gasteiger partial charge in [-0.15, -0.1) is 10.1 Å². The monoisotopic (exact) mass is 629 g/mol. The summed E-state index contributed by atoms with van der Waals surface area (Å²) in [4.78, 5) is 24.9. The number of anilines is 1. The summed E-state index contributed by atoms with van der Waals surface area (Å²) < 4.78 is 69.0. The van der Waals surface area contributed by atoms with E-state index in [0.29, 0.717) is 0 Å². The number of carbonyl (C=O) groups is 1. The van der Waals surface area contributed by atoms with E-state index in [1.807, 2.05) is 4.83 Å². The number of benzene rings is 2. The Kier molecular flexibility index (Phi) is 9.02. The number of ether oxygens (including phenoxy) is 3. The highest BCUT2D eigenvalue weighted by atomic mass is 79.9. The molecular weight excluding hydrogens is 610 g/mol. The molecule has 0 aliphatic carbocycles. The number of aromatic nitrogens is 3. The minimum atomic E-state index is -4.51. The van der Waals surface area contributed by atoms with E-state index in [4.69, 9.17) is 9.47 Å². The van der Waals surface area contributed by atoms with E-state index in [0.717, 1.165) is 13.2 Å². The first-order valence-corrected chi connectivity index (χ1v) is 13.9. The number of hydrogen-bond donors (Lipinski definition) is 3. The van der Waals surface area contributed by atoms with Gasteiger partial charge in [-0.05, 0) is 40.2 Å². The van der Waals surface area contributed by atoms with Gasteiger partial charge >= 0.3 is 18.0 Å². The average Bonchev–Trinajstić information content (AvgIpc) is 2.91. The molecule has 0 atom stereocenters. The molecule has 0 unspecified atom stereocenters. The second kappa shape index (κ2) is 12.0. The van der Waals surface area contributed by atoms with Gasteiger partial charge in [0.25, 0.3) is 20.0 Å². The van der Waals surface area contributed by atoms with Gasteiger partial charge in [-0.25, -0.2) is 17.9 Å². The van der Waals surface area contributed by atoms with Gasteiger partial charge in [0.2, 0.25) is 11.9 Å². The van der Waals surface area contributed by atoms with Crippen molar-refractivity contribution in [3.8, 4) is 12.0 Å². The highest BCUT2D eigenvalue weighted by Crippen LogP contribution is 2.21. The third kappa shape index (κ3) is 6.84. The Bertz CT molecular complexity index is 1560. The van der Waals surface area contributed by atoms with Crippen LogP contribution in [0.15, 0.2) is 67.9 Å². The number of guanidine groups is 1. The normalized spacial score (nSPS) is 11.8. The van der Waals surface area contributed by atoms with Crippen LogP contribution in [0.4, 0.5) is 5.95 Å². The SMILES string of the molecule is COC(=O)c1ccccc1S(=O)(=O)NN=C(Nc1nc(OC)nc(OC)n1)NS(=O)(=O)c1ccccc1Br. The lowest BCUT2D eigenvalue weighted by Gasteiger charge is -2.14. The van der Waals surface area contributed by atoms with Crippen LogP contribution in [0.25, 0.3) is 0 Å². The molecule has 0 bridgehead atoms. The third-order valence-electron chi connectivity index (χ3n) is 4.41. The zero-order valence-corrected chi connectivity index (χ0v) is 23.1. The minimum Gasteiger partial charge on any atom is -0.467 e. The fraction of sp³-hybridized carbons (Fsp3) is 0.150. The van der Waals surface area contributed by atoms with Crippen LogP contribution in [-0.2, 0) is 24.8 Å². The lowest BCUT2D eigenvalue weighted by molar-refractivity contribution is 0.0596. The van der Waals surface area contributed by atoms with Gasteiger partial charge in [0.05, 0.1) is 26.9 Å². The predicted molar refractivity (Wildman–Crippen MR) is 137 cm³/mol. The summed E-state index contributed by atoms with van der Waals surface area (Å²) >= 11 is 3.16. The molecule has 0 amide bonds. The topological polar surface area (TPSA) is 200 Å². The number of rotatable bonds is 9. The number of nitrogens with one attached hydrogen (secondary N) is 3. The first-order chi connectivity index (χ1) is 18.0. The van der Waals surface area contributed by atoms with Crippen LogP contribution in [0.5, 0.6) is 12.0 Å². The summed E-state index contributed by atoms with van der Waals surface area (Å²) in [7, 11) is -5.21. The van der Waals surface area contributed by atoms with Crippen molar-refractivity contribution in [2.24, 2.45) is 5.10 Å². The fourth-order valence-electron chi connectivity index (χ4n) is 2.74. The highest BCUT2D eigenvalue weighted by Gasteiger charge is 2.24. The van der Waals surface area contributed by atoms with Crippen LogP contribution >= 0.6 is 15.9 Å². The van der Waals surface area contributed by atoms with Crippen molar-refractivity contribution in [1.82, 2.24) is 24.5 Å². The van der Waals surface area contributed by atoms with Crippen LogP contribution in [-0.4, -0.2) is 65.0 Å². The Balaban J connectivity index is 2.05. The van der Waals surface area contributed by atoms with Crippen molar-refractivity contribution >= 4 is 53.9 Å². The molecular formula is C20H20BrN7O8S2. The van der Waals surface area contributed by atoms with Gasteiger partial charge in [0.1, 0.15) is 9.79 Å². The Labute approximate surface area is 225 Å². The van der Waals surface area contributed by atoms with Gasteiger partial charge in [0, 0.05) is 4.47 Å². The third-order valence-corrected chi connectivity index (χ3v) is 8.02. The Morgan fingerprint density at radius 2 is 1.42 bits per heavy atom. The summed E-state index contributed by atoms with van der Waals surface area (Å²) in [6, 6.07) is 10.7. The lowest BCUT2D eigenvalue weighted by atomic mass is 10.2. The minimum absolute atomic E-state index is 0.181. The van der Waals surface area contributed by atoms with Crippen LogP contribution in [0.2, 0.25) is 0 Å². The summed E-state index contributed by atoms with van der Waals surface area (Å²) in [5.74, 6) is -1.89. The highest BCUT2D eigenvalue weighted by molar-refractivity contribution is 9.10. The second-order valence-electron chi connectivity index (χ2n) is 6.84. The number of esters is 1. The van der Waals surface area contributed by atoms with Crippen LogP contribution in [0, 0.1) is 0 Å². The predicted octanol–water partition coefficient (Wildman–Crippen LogP) is 1.08. The molecule has 0 saturated heterocycles. The zero-order valence-electron chi connectivity index (χ0n) is 19.9. The van der Waals surface area contributed by atoms with Crippen LogP contribution in [0.1, 0.15) is 10.4 Å². The van der Waals surface area contributed by atoms with E-state index in [2.05, 4.69) is 50.8 Å². The summed E-state index contributed by atoms with van der Waals surface area (Å²) in [6.45, 7) is 0. The first-order valence-electron chi connectivity index (χ1n) is 10.2. The van der Waals surface area contributed by atoms with E-state index in [1.165, 1.54) is 50.6 Å². The summed E-state index contributed by atoms with van der Waals surface area (Å²) in [6.07, 6.45) is 0. The molecule has 0 saturated carbocycles. The van der Waals surface area contributed by atoms with E-state index in [9.17, 15) is 21.6 Å². The number of carbonyl (C=O) groups excluding carboxylic acids is 1. The van der Waals surface area contributed by atoms with Crippen LogP contribution in [0.3, 0.4) is 0 Å². The van der Waals surface area contributed by atoms with Crippen molar-refractivity contribution in [3.63, 3.8) is 0 Å². The molecule has 0 aliphatic heterocycles. The van der Waals surface area contributed by atoms with Gasteiger partial charge < -0.3 is 14.2 Å². The smallest absolute Gasteiger partial charge is 0.339 e. The quantitative estimate of drug-likeness (QED) is 0.132. The molecule has 202 valence electrons. The Hall–Kier alpha value is -4.03. The van der Waals surface area contributed by atoms with Crippen molar-refractivity contribution in [1.29, 1.82) is 0 Å². The average molecular weight is 630 g/mol. The fourth-order valence-corrected chi connectivity index (χ4v) is 5.71. The lowest BCUT2D eigenvalue weighted by Crippen LogP contribution is -2.39. The molecule has 1 heterocycles. The molecule has 0 radical (unpaired) electrons. The number of hydrogen-bond acceptors (Lipinski definition) is 12. The van der Waals surface area contributed by atoms with Crippen molar-refractivity contribution in [2.45, 2.75) is 9.79 Å². The first kappa shape index (κ1) is 28.5. The second-order valence-corrected chi connectivity index (χ2v) is 11.0. The molecule has 0 fully saturated rings. The standard InChI is InChI=1S/C20H20BrN7O8S2/c1-34-16(29)12-8-4-6-10-14(12)38(32,33)28-26-18(22-17-23-19(35-2)25-20(24-17)36-3)27-37(30,31)15-11-7-5-9-13(15)21/h4-11,28H,1-3H3,(H2,22,23,24,25,26,27). The van der Waals surface area contributed by atoms with Crippen molar-refractivity contribution in [3.05, 3.63) is 58.6 Å². The molecule has 18 heteroatoms. The number of halogens is 1. The molecule has 1 aromatic heterocycles. The maximum absolute atomic E-state index is 13.1. The van der Waals surface area contributed by atoms with Crippen molar-refractivity contribution < 1.29 is 35.8 Å². The van der Waals surface area contributed by atoms with E-state index < -0.39 is 36.9 Å². The zero-order chi connectivity index (χ0) is 27.9. The van der Waals surface area contributed by atoms with Gasteiger partial charge in [-0.1, -0.05) is 24.3 Å². The van der Waals surface area contributed by atoms with Gasteiger partial charge in [-0.2, -0.15) is 23.2 Å². The van der Waals surface area contributed by atoms with Crippen molar-refractivity contribution in [2.75, 3.05) is 26.6 Å².